The van der Waals surface area contributed by atoms with Gasteiger partial charge in [-0.05, 0) is 73.5 Å². The fourth-order valence-corrected chi connectivity index (χ4v) is 7.28. The SMILES string of the molecule is CCCN(Cc1nc(-c2ccc(-c3ccc4c(c3)CCCCc3[nH]c([C@@H]5CCCN5C(=O)CC(C)C)nc3-4)cc2)c[nH]1)C(=O)CC(C)C. The number of imidazole rings is 2. The van der Waals surface area contributed by atoms with Crippen LogP contribution in [0.5, 0.6) is 0 Å². The minimum absolute atomic E-state index is 0.0407. The number of aromatic amines is 2. The Labute approximate surface area is 285 Å². The van der Waals surface area contributed by atoms with Crippen molar-refractivity contribution in [3.63, 3.8) is 0 Å². The topological polar surface area (TPSA) is 98.0 Å². The Morgan fingerprint density at radius 3 is 2.40 bits per heavy atom. The van der Waals surface area contributed by atoms with Gasteiger partial charge in [0.1, 0.15) is 11.6 Å². The molecule has 0 unspecified atom stereocenters. The van der Waals surface area contributed by atoms with Crippen LogP contribution in [0, 0.1) is 11.8 Å². The highest BCUT2D eigenvalue weighted by molar-refractivity contribution is 5.78. The summed E-state index contributed by atoms with van der Waals surface area (Å²) in [6.07, 6.45) is 10.2. The maximum atomic E-state index is 13.0. The number of amides is 2. The number of hydrogen-bond acceptors (Lipinski definition) is 4. The molecule has 2 aromatic heterocycles. The summed E-state index contributed by atoms with van der Waals surface area (Å²) in [7, 11) is 0. The third kappa shape index (κ3) is 7.58. The molecule has 0 spiro atoms. The Morgan fingerprint density at radius 2 is 1.65 bits per heavy atom. The molecule has 0 bridgehead atoms. The van der Waals surface area contributed by atoms with Gasteiger partial charge in [0.2, 0.25) is 11.8 Å². The number of carbonyl (C=O) groups excluding carboxylic acids is 2. The number of carbonyl (C=O) groups is 2. The van der Waals surface area contributed by atoms with Crippen LogP contribution in [0.4, 0.5) is 0 Å². The predicted octanol–water partition coefficient (Wildman–Crippen LogP) is 8.51. The van der Waals surface area contributed by atoms with E-state index in [1.165, 1.54) is 27.9 Å². The molecule has 254 valence electrons. The number of nitrogens with zero attached hydrogens (tertiary/aromatic N) is 4. The van der Waals surface area contributed by atoms with Crippen LogP contribution < -0.4 is 0 Å². The molecule has 1 aliphatic heterocycles. The first-order chi connectivity index (χ1) is 23.2. The summed E-state index contributed by atoms with van der Waals surface area (Å²) in [5, 5.41) is 0. The van der Waals surface area contributed by atoms with Gasteiger partial charge in [-0.1, -0.05) is 77.1 Å². The summed E-state index contributed by atoms with van der Waals surface area (Å²) in [5.41, 5.74) is 9.09. The lowest BCUT2D eigenvalue weighted by molar-refractivity contribution is -0.133. The molecule has 8 nitrogen and oxygen atoms in total. The zero-order chi connectivity index (χ0) is 33.8. The quantitative estimate of drug-likeness (QED) is 0.170. The summed E-state index contributed by atoms with van der Waals surface area (Å²) >= 11 is 0. The minimum Gasteiger partial charge on any atom is -0.346 e. The van der Waals surface area contributed by atoms with Crippen LogP contribution in [0.1, 0.15) is 109 Å². The maximum Gasteiger partial charge on any atom is 0.223 e. The summed E-state index contributed by atoms with van der Waals surface area (Å²) < 4.78 is 0. The van der Waals surface area contributed by atoms with Crippen molar-refractivity contribution < 1.29 is 9.59 Å². The third-order valence-corrected chi connectivity index (χ3v) is 9.67. The smallest absolute Gasteiger partial charge is 0.223 e. The molecule has 1 fully saturated rings. The van der Waals surface area contributed by atoms with Gasteiger partial charge in [-0.25, -0.2) is 9.97 Å². The minimum atomic E-state index is 0.0407. The second-order valence-corrected chi connectivity index (χ2v) is 14.6. The molecule has 2 amide bonds. The van der Waals surface area contributed by atoms with Gasteiger partial charge in [0.25, 0.3) is 0 Å². The van der Waals surface area contributed by atoms with Crippen LogP contribution in [0.15, 0.2) is 48.7 Å². The molecular weight excluding hydrogens is 596 g/mol. The van der Waals surface area contributed by atoms with Crippen molar-refractivity contribution in [3.8, 4) is 33.6 Å². The zero-order valence-corrected chi connectivity index (χ0v) is 29.4. The lowest BCUT2D eigenvalue weighted by Crippen LogP contribution is -2.32. The van der Waals surface area contributed by atoms with E-state index in [4.69, 9.17) is 9.97 Å². The first kappa shape index (κ1) is 33.7. The molecule has 2 N–H and O–H groups in total. The highest BCUT2D eigenvalue weighted by Crippen LogP contribution is 2.38. The molecule has 2 aliphatic rings. The van der Waals surface area contributed by atoms with Crippen LogP contribution in [0.25, 0.3) is 33.6 Å². The molecule has 0 saturated carbocycles. The number of nitrogens with one attached hydrogen (secondary N) is 2. The summed E-state index contributed by atoms with van der Waals surface area (Å²) in [6, 6.07) is 15.4. The number of aromatic nitrogens is 4. The van der Waals surface area contributed by atoms with Crippen molar-refractivity contribution in [1.29, 1.82) is 0 Å². The molecule has 6 rings (SSSR count). The first-order valence-corrected chi connectivity index (χ1v) is 18.1. The third-order valence-electron chi connectivity index (χ3n) is 9.67. The Morgan fingerprint density at radius 1 is 0.917 bits per heavy atom. The van der Waals surface area contributed by atoms with Crippen molar-refractivity contribution in [1.82, 2.24) is 29.7 Å². The summed E-state index contributed by atoms with van der Waals surface area (Å²) in [4.78, 5) is 46.8. The fourth-order valence-electron chi connectivity index (χ4n) is 7.28. The lowest BCUT2D eigenvalue weighted by Gasteiger charge is -2.24. The van der Waals surface area contributed by atoms with Crippen LogP contribution in [0.3, 0.4) is 0 Å². The molecule has 3 heterocycles. The van der Waals surface area contributed by atoms with E-state index in [0.717, 1.165) is 86.6 Å². The number of fused-ring (bicyclic) bond motifs is 3. The number of hydrogen-bond donors (Lipinski definition) is 2. The molecular formula is C40H52N6O2. The highest BCUT2D eigenvalue weighted by atomic mass is 16.2. The van der Waals surface area contributed by atoms with Gasteiger partial charge in [0.05, 0.1) is 24.0 Å². The van der Waals surface area contributed by atoms with Gasteiger partial charge in [-0.15, -0.1) is 0 Å². The first-order valence-electron chi connectivity index (χ1n) is 18.1. The molecule has 8 heteroatoms. The average molecular weight is 649 g/mol. The lowest BCUT2D eigenvalue weighted by atomic mass is 9.90. The van der Waals surface area contributed by atoms with Crippen LogP contribution >= 0.6 is 0 Å². The van der Waals surface area contributed by atoms with E-state index >= 15 is 0 Å². The van der Waals surface area contributed by atoms with Gasteiger partial charge in [0.15, 0.2) is 0 Å². The summed E-state index contributed by atoms with van der Waals surface area (Å²) in [5.74, 6) is 2.87. The Bertz CT molecular complexity index is 1720. The Hall–Kier alpha value is -4.20. The standard InChI is InChI=1S/C40H52N6O2/c1-6-19-45(37(47)21-26(2)3)25-36-41-24-34(42-36)29-15-13-28(14-16-29)30-17-18-32-31(23-30)10-7-8-11-33-39(32)44-40(43-33)35-12-9-20-46(35)38(48)22-27(4)5/h13-18,23-24,26-27,35H,6-12,19-22,25H2,1-5H3,(H,41,42)(H,43,44)/t35-/m0/s1. The van der Waals surface area contributed by atoms with E-state index in [9.17, 15) is 9.59 Å². The highest BCUT2D eigenvalue weighted by Gasteiger charge is 2.33. The second-order valence-electron chi connectivity index (χ2n) is 14.6. The van der Waals surface area contributed by atoms with Crippen molar-refractivity contribution >= 4 is 11.8 Å². The Kier molecular flexibility index (Phi) is 10.5. The van der Waals surface area contributed by atoms with Crippen molar-refractivity contribution in [2.24, 2.45) is 11.8 Å². The molecule has 1 aliphatic carbocycles. The van der Waals surface area contributed by atoms with E-state index in [2.05, 4.69) is 92.0 Å². The van der Waals surface area contributed by atoms with E-state index in [1.54, 1.807) is 0 Å². The molecule has 1 saturated heterocycles. The molecule has 4 aromatic rings. The zero-order valence-electron chi connectivity index (χ0n) is 29.4. The van der Waals surface area contributed by atoms with Crippen molar-refractivity contribution in [2.45, 2.75) is 105 Å². The number of aryl methyl sites for hydroxylation is 2. The van der Waals surface area contributed by atoms with E-state index in [0.29, 0.717) is 31.2 Å². The Balaban J connectivity index is 1.19. The van der Waals surface area contributed by atoms with Gasteiger partial charge in [-0.2, -0.15) is 0 Å². The molecule has 48 heavy (non-hydrogen) atoms. The summed E-state index contributed by atoms with van der Waals surface area (Å²) in [6.45, 7) is 12.5. The van der Waals surface area contributed by atoms with Gasteiger partial charge < -0.3 is 19.8 Å². The van der Waals surface area contributed by atoms with E-state index in [-0.39, 0.29) is 17.9 Å². The number of likely N-dealkylation sites (tertiary alicyclic amines) is 1. The van der Waals surface area contributed by atoms with Gasteiger partial charge >= 0.3 is 0 Å². The molecule has 1 atom stereocenters. The number of H-pyrrole nitrogens is 2. The van der Waals surface area contributed by atoms with Crippen LogP contribution in [0.2, 0.25) is 0 Å². The van der Waals surface area contributed by atoms with Crippen LogP contribution in [-0.2, 0) is 29.0 Å². The predicted molar refractivity (Wildman–Crippen MR) is 192 cm³/mol. The molecule has 2 aromatic carbocycles. The number of benzene rings is 2. The number of rotatable bonds is 11. The van der Waals surface area contributed by atoms with E-state index < -0.39 is 0 Å². The van der Waals surface area contributed by atoms with E-state index in [1.807, 2.05) is 11.1 Å². The van der Waals surface area contributed by atoms with Crippen molar-refractivity contribution in [3.05, 3.63) is 71.6 Å². The fraction of sp³-hybridized carbons (Fsp3) is 0.500. The maximum absolute atomic E-state index is 13.0. The average Bonchev–Trinajstić information content (AvgIpc) is 3.81. The largest absolute Gasteiger partial charge is 0.346 e. The molecule has 0 radical (unpaired) electrons. The monoisotopic (exact) mass is 648 g/mol. The van der Waals surface area contributed by atoms with Crippen LogP contribution in [-0.4, -0.2) is 54.6 Å². The second kappa shape index (κ2) is 14.9. The van der Waals surface area contributed by atoms with Gasteiger partial charge in [-0.3, -0.25) is 9.59 Å². The van der Waals surface area contributed by atoms with Crippen molar-refractivity contribution in [2.75, 3.05) is 13.1 Å². The van der Waals surface area contributed by atoms with Gasteiger partial charge in [0, 0.05) is 48.9 Å². The normalized spacial score (nSPS) is 16.1.